The largest absolute Gasteiger partial charge is 0.491 e. The van der Waals surface area contributed by atoms with Gasteiger partial charge in [0.2, 0.25) is 27.7 Å². The van der Waals surface area contributed by atoms with Crippen molar-refractivity contribution < 1.29 is 50.2 Å². The number of sulfonamides is 1. The second-order valence-electron chi connectivity index (χ2n) is 17.5. The van der Waals surface area contributed by atoms with Gasteiger partial charge in [0.25, 0.3) is 5.91 Å². The van der Waals surface area contributed by atoms with Crippen LogP contribution in [-0.4, -0.2) is 95.4 Å². The van der Waals surface area contributed by atoms with E-state index in [-0.39, 0.29) is 31.2 Å². The molecule has 2 aliphatic heterocycles. The summed E-state index contributed by atoms with van der Waals surface area (Å²) in [5.41, 5.74) is -4.27. The van der Waals surface area contributed by atoms with E-state index in [1.165, 1.54) is 11.1 Å². The quantitative estimate of drug-likeness (QED) is 0.232. The molecule has 2 saturated carbocycles. The summed E-state index contributed by atoms with van der Waals surface area (Å²) in [4.78, 5) is 62.3. The number of halogens is 3. The Labute approximate surface area is 342 Å². The fourth-order valence-corrected chi connectivity index (χ4v) is 9.16. The molecule has 18 heteroatoms. The number of hydrogen-bond acceptors (Lipinski definition) is 9. The van der Waals surface area contributed by atoms with E-state index < -0.39 is 85.8 Å². The highest BCUT2D eigenvalue weighted by molar-refractivity contribution is 7.91. The number of rotatable bonds is 10. The molecule has 324 valence electrons. The van der Waals surface area contributed by atoms with Crippen LogP contribution in [0, 0.1) is 17.8 Å². The monoisotopic (exact) mass is 848 g/mol. The van der Waals surface area contributed by atoms with Gasteiger partial charge in [-0.3, -0.25) is 19.1 Å². The Morgan fingerprint density at radius 2 is 1.78 bits per heavy atom. The number of pyridine rings is 1. The number of nitrogens with one attached hydrogen (secondary N) is 4. The summed E-state index contributed by atoms with van der Waals surface area (Å²) in [7, 11) is -4.07. The van der Waals surface area contributed by atoms with Crippen LogP contribution in [0.15, 0.2) is 42.6 Å². The molecule has 4 N–H and O–H groups in total. The van der Waals surface area contributed by atoms with Crippen molar-refractivity contribution in [2.45, 2.75) is 133 Å². The van der Waals surface area contributed by atoms with Crippen LogP contribution in [0.4, 0.5) is 18.0 Å². The highest BCUT2D eigenvalue weighted by Crippen LogP contribution is 2.48. The Morgan fingerprint density at radius 3 is 2.44 bits per heavy atom. The lowest BCUT2D eigenvalue weighted by molar-refractivity contribution is -0.182. The SMILES string of the molecule is CCCOc1cnc(O[C@@H]2C[C@H]3C(=O)N[C@]4(C(=O)NS(=O)(=O)C5(C)CC5)C[C@H]4C=CCC[C@H](C)C[C@@H](C)[C@H](NC(=O)NC(C)(C)C(F)(F)F)C(=O)N3C2)c2ccccc12. The smallest absolute Gasteiger partial charge is 0.411 e. The number of alkyl halides is 3. The van der Waals surface area contributed by atoms with Gasteiger partial charge in [0, 0.05) is 23.1 Å². The van der Waals surface area contributed by atoms with Crippen LogP contribution in [-0.2, 0) is 24.4 Å². The summed E-state index contributed by atoms with van der Waals surface area (Å²) in [6.45, 7) is 9.08. The third-order valence-corrected chi connectivity index (χ3v) is 14.3. The minimum absolute atomic E-state index is 0.0166. The first kappa shape index (κ1) is 44.0. The molecule has 0 spiro atoms. The lowest BCUT2D eigenvalue weighted by Crippen LogP contribution is -2.62. The van der Waals surface area contributed by atoms with E-state index in [9.17, 15) is 40.8 Å². The number of urea groups is 1. The van der Waals surface area contributed by atoms with E-state index in [0.29, 0.717) is 49.8 Å². The molecule has 2 aromatic rings. The molecule has 4 aliphatic rings. The topological polar surface area (TPSA) is 185 Å². The van der Waals surface area contributed by atoms with E-state index in [0.717, 1.165) is 25.7 Å². The van der Waals surface area contributed by atoms with Crippen LogP contribution < -0.4 is 30.1 Å². The molecular weight excluding hydrogens is 794 g/mol. The number of ether oxygens (including phenoxy) is 2. The van der Waals surface area contributed by atoms with Crippen molar-refractivity contribution >= 4 is 44.5 Å². The number of carbonyl (C=O) groups excluding carboxylic acids is 4. The molecule has 0 radical (unpaired) electrons. The minimum Gasteiger partial charge on any atom is -0.491 e. The molecule has 2 aliphatic carbocycles. The molecule has 3 heterocycles. The molecule has 5 amide bonds. The van der Waals surface area contributed by atoms with E-state index in [1.54, 1.807) is 32.1 Å². The maximum atomic E-state index is 14.8. The van der Waals surface area contributed by atoms with Gasteiger partial charge in [-0.25, -0.2) is 18.2 Å². The molecule has 7 atom stereocenters. The molecule has 1 aromatic carbocycles. The molecule has 3 fully saturated rings. The zero-order valence-corrected chi connectivity index (χ0v) is 35.1. The first-order chi connectivity index (χ1) is 27.6. The maximum Gasteiger partial charge on any atom is 0.411 e. The number of fused-ring (bicyclic) bond motifs is 3. The molecule has 0 bridgehead atoms. The third-order valence-electron chi connectivity index (χ3n) is 12.1. The summed E-state index contributed by atoms with van der Waals surface area (Å²) in [5.74, 6) is -2.78. The van der Waals surface area contributed by atoms with Crippen LogP contribution in [0.5, 0.6) is 11.6 Å². The summed E-state index contributed by atoms with van der Waals surface area (Å²) in [6.07, 6.45) is 2.69. The summed E-state index contributed by atoms with van der Waals surface area (Å²) < 4.78 is 81.3. The number of benzene rings is 1. The summed E-state index contributed by atoms with van der Waals surface area (Å²) in [6, 6.07) is 3.39. The minimum atomic E-state index is -4.80. The number of amides is 5. The molecule has 0 unspecified atom stereocenters. The molecule has 1 aromatic heterocycles. The van der Waals surface area contributed by atoms with Gasteiger partial charge < -0.3 is 30.3 Å². The predicted octanol–water partition coefficient (Wildman–Crippen LogP) is 5.27. The first-order valence-electron chi connectivity index (χ1n) is 20.3. The fraction of sp³-hybridized carbons (Fsp3) is 0.634. The van der Waals surface area contributed by atoms with Crippen LogP contribution in [0.25, 0.3) is 10.8 Å². The molecule has 6 rings (SSSR count). The highest BCUT2D eigenvalue weighted by atomic mass is 32.2. The van der Waals surface area contributed by atoms with Crippen LogP contribution >= 0.6 is 0 Å². The van der Waals surface area contributed by atoms with E-state index in [1.807, 2.05) is 37.4 Å². The predicted molar refractivity (Wildman–Crippen MR) is 213 cm³/mol. The molecule has 59 heavy (non-hydrogen) atoms. The van der Waals surface area contributed by atoms with Crippen LogP contribution in [0.2, 0.25) is 0 Å². The van der Waals surface area contributed by atoms with Crippen molar-refractivity contribution in [3.63, 3.8) is 0 Å². The number of allylic oxidation sites excluding steroid dienone is 1. The van der Waals surface area contributed by atoms with Gasteiger partial charge >= 0.3 is 12.2 Å². The number of nitrogens with zero attached hydrogens (tertiary/aromatic N) is 2. The second-order valence-corrected chi connectivity index (χ2v) is 19.7. The van der Waals surface area contributed by atoms with Crippen molar-refractivity contribution in [3.8, 4) is 11.6 Å². The lowest BCUT2D eigenvalue weighted by atomic mass is 9.88. The van der Waals surface area contributed by atoms with Crippen LogP contribution in [0.1, 0.15) is 92.9 Å². The number of carbonyl (C=O) groups is 4. The Bertz CT molecular complexity index is 2090. The Balaban J connectivity index is 1.35. The highest BCUT2D eigenvalue weighted by Gasteiger charge is 2.63. The van der Waals surface area contributed by atoms with Gasteiger partial charge in [-0.2, -0.15) is 13.2 Å². The van der Waals surface area contributed by atoms with E-state index in [2.05, 4.69) is 20.3 Å². The average Bonchev–Trinajstić information content (AvgIpc) is 4.04. The summed E-state index contributed by atoms with van der Waals surface area (Å²) >= 11 is 0. The standard InChI is InChI=1S/C41H55F3N6O8S/c1-7-18-57-31-22-45-34(29-15-11-10-14-28(29)31)58-27-20-30-33(51)47-40(36(53)49-59(55,56)39(6)16-17-39)21-26(40)13-9-8-12-24(2)19-25(3)32(35(52)50(30)23-27)46-37(54)48-38(4,5)41(42,43)44/h9-11,13-15,22,24-27,30,32H,7-8,12,16-21,23H2,1-6H3,(H,47,51)(H,49,53)(H2,46,48,54)/t24-,25+,26+,27+,30-,32-,40+/m0/s1. The van der Waals surface area contributed by atoms with Gasteiger partial charge in [-0.1, -0.05) is 51.1 Å². The Kier molecular flexibility index (Phi) is 12.3. The van der Waals surface area contributed by atoms with Crippen molar-refractivity contribution in [2.24, 2.45) is 17.8 Å². The maximum absolute atomic E-state index is 14.8. The second kappa shape index (κ2) is 16.4. The van der Waals surface area contributed by atoms with Gasteiger partial charge in [0.1, 0.15) is 35.0 Å². The Morgan fingerprint density at radius 1 is 1.08 bits per heavy atom. The van der Waals surface area contributed by atoms with Crippen molar-refractivity contribution in [1.29, 1.82) is 0 Å². The number of aromatic nitrogens is 1. The number of hydrogen-bond donors (Lipinski definition) is 4. The van der Waals surface area contributed by atoms with Crippen molar-refractivity contribution in [3.05, 3.63) is 42.6 Å². The third kappa shape index (κ3) is 9.26. The molecular formula is C41H55F3N6O8S. The Hall–Kier alpha value is -4.61. The first-order valence-corrected chi connectivity index (χ1v) is 21.8. The van der Waals surface area contributed by atoms with Crippen molar-refractivity contribution in [2.75, 3.05) is 13.2 Å². The average molecular weight is 849 g/mol. The normalized spacial score (nSPS) is 28.6. The molecule has 14 nitrogen and oxygen atoms in total. The lowest BCUT2D eigenvalue weighted by Gasteiger charge is -2.34. The fourth-order valence-electron chi connectivity index (χ4n) is 7.85. The van der Waals surface area contributed by atoms with Gasteiger partial charge in [-0.05, 0) is 83.6 Å². The zero-order chi connectivity index (χ0) is 43.1. The zero-order valence-electron chi connectivity index (χ0n) is 34.3. The molecule has 1 saturated heterocycles. The van der Waals surface area contributed by atoms with E-state index in [4.69, 9.17) is 9.47 Å². The van der Waals surface area contributed by atoms with Gasteiger partial charge in [0.15, 0.2) is 0 Å². The summed E-state index contributed by atoms with van der Waals surface area (Å²) in [5, 5.41) is 8.60. The van der Waals surface area contributed by atoms with E-state index >= 15 is 0 Å². The van der Waals surface area contributed by atoms with Gasteiger partial charge in [0.05, 0.1) is 24.1 Å². The van der Waals surface area contributed by atoms with Crippen molar-refractivity contribution in [1.82, 2.24) is 30.6 Å². The van der Waals surface area contributed by atoms with Gasteiger partial charge in [-0.15, -0.1) is 0 Å². The van der Waals surface area contributed by atoms with Crippen LogP contribution in [0.3, 0.4) is 0 Å².